The highest BCUT2D eigenvalue weighted by molar-refractivity contribution is 7.90. The molecule has 2 aromatic carbocycles. The van der Waals surface area contributed by atoms with Gasteiger partial charge in [-0.05, 0) is 43.2 Å². The first-order valence-electron chi connectivity index (χ1n) is 9.61. The number of fused-ring (bicyclic) bond motifs is 1. The van der Waals surface area contributed by atoms with Crippen molar-refractivity contribution in [3.05, 3.63) is 53.6 Å². The van der Waals surface area contributed by atoms with Crippen LogP contribution in [0.1, 0.15) is 11.1 Å². The third kappa shape index (κ3) is 4.85. The Morgan fingerprint density at radius 1 is 1.13 bits per heavy atom. The van der Waals surface area contributed by atoms with Gasteiger partial charge in [0.15, 0.2) is 11.5 Å². The standard InChI is InChI=1S/C21H27N3O5S/c1-15-9-10-16(2)18(11-15)24(30(26,27)23(3)4)13-21(25)22-12-17-14-28-19-7-5-6-8-20(19)29-17/h5-11,17H,12-14H2,1-4H3,(H,22,25). The van der Waals surface area contributed by atoms with Crippen LogP contribution in [0.15, 0.2) is 42.5 Å². The largest absolute Gasteiger partial charge is 0.486 e. The average Bonchev–Trinajstić information content (AvgIpc) is 2.72. The lowest BCUT2D eigenvalue weighted by Gasteiger charge is -2.29. The molecular formula is C21H27N3O5S. The zero-order valence-electron chi connectivity index (χ0n) is 17.6. The Kier molecular flexibility index (Phi) is 6.52. The summed E-state index contributed by atoms with van der Waals surface area (Å²) in [6.07, 6.45) is -0.358. The number of rotatable bonds is 7. The Labute approximate surface area is 177 Å². The molecule has 1 heterocycles. The molecule has 1 unspecified atom stereocenters. The number of carbonyl (C=O) groups excluding carboxylic acids is 1. The lowest BCUT2D eigenvalue weighted by atomic mass is 10.1. The topological polar surface area (TPSA) is 88.2 Å². The molecule has 9 heteroatoms. The smallest absolute Gasteiger partial charge is 0.304 e. The van der Waals surface area contributed by atoms with Crippen LogP contribution in [0.4, 0.5) is 5.69 Å². The highest BCUT2D eigenvalue weighted by Crippen LogP contribution is 2.30. The van der Waals surface area contributed by atoms with E-state index in [-0.39, 0.29) is 19.2 Å². The number of benzene rings is 2. The summed E-state index contributed by atoms with van der Waals surface area (Å²) < 4.78 is 39.5. The number of ether oxygens (including phenoxy) is 2. The van der Waals surface area contributed by atoms with Gasteiger partial charge in [-0.2, -0.15) is 12.7 Å². The molecule has 1 amide bonds. The van der Waals surface area contributed by atoms with Gasteiger partial charge in [0.1, 0.15) is 19.3 Å². The first kappa shape index (κ1) is 21.9. The molecule has 0 saturated carbocycles. The molecule has 0 bridgehead atoms. The number of aryl methyl sites for hydroxylation is 2. The summed E-state index contributed by atoms with van der Waals surface area (Å²) in [6.45, 7) is 3.86. The van der Waals surface area contributed by atoms with Gasteiger partial charge in [0.05, 0.1) is 12.2 Å². The molecule has 8 nitrogen and oxygen atoms in total. The van der Waals surface area contributed by atoms with E-state index in [9.17, 15) is 13.2 Å². The molecule has 1 aliphatic rings. The Morgan fingerprint density at radius 3 is 2.53 bits per heavy atom. The second kappa shape index (κ2) is 8.93. The van der Waals surface area contributed by atoms with E-state index in [4.69, 9.17) is 9.47 Å². The molecule has 162 valence electrons. The van der Waals surface area contributed by atoms with Gasteiger partial charge in [0.2, 0.25) is 5.91 Å². The number of anilines is 1. The maximum Gasteiger partial charge on any atom is 0.304 e. The van der Waals surface area contributed by atoms with E-state index in [0.717, 1.165) is 19.7 Å². The third-order valence-electron chi connectivity index (χ3n) is 4.75. The fourth-order valence-corrected chi connectivity index (χ4v) is 4.17. The van der Waals surface area contributed by atoms with Gasteiger partial charge in [-0.15, -0.1) is 0 Å². The predicted octanol–water partition coefficient (Wildman–Crippen LogP) is 1.87. The van der Waals surface area contributed by atoms with E-state index < -0.39 is 16.1 Å². The minimum absolute atomic E-state index is 0.204. The monoisotopic (exact) mass is 433 g/mol. The van der Waals surface area contributed by atoms with Crippen molar-refractivity contribution in [2.75, 3.05) is 38.1 Å². The Bertz CT molecular complexity index is 1020. The number of hydrogen-bond donors (Lipinski definition) is 1. The van der Waals surface area contributed by atoms with Crippen LogP contribution in [0.2, 0.25) is 0 Å². The molecule has 3 rings (SSSR count). The number of carbonyl (C=O) groups is 1. The quantitative estimate of drug-likeness (QED) is 0.720. The SMILES string of the molecule is Cc1ccc(C)c(N(CC(=O)NCC2COc3ccccc3O2)S(=O)(=O)N(C)C)c1. The van der Waals surface area contributed by atoms with Crippen molar-refractivity contribution in [2.45, 2.75) is 20.0 Å². The zero-order valence-corrected chi connectivity index (χ0v) is 18.4. The number of hydrogen-bond acceptors (Lipinski definition) is 5. The fourth-order valence-electron chi connectivity index (χ4n) is 3.05. The lowest BCUT2D eigenvalue weighted by Crippen LogP contribution is -2.48. The summed E-state index contributed by atoms with van der Waals surface area (Å²) in [5.74, 6) is 0.859. The lowest BCUT2D eigenvalue weighted by molar-refractivity contribution is -0.120. The van der Waals surface area contributed by atoms with Gasteiger partial charge in [-0.3, -0.25) is 4.79 Å². The first-order valence-corrected chi connectivity index (χ1v) is 11.0. The second-order valence-corrected chi connectivity index (χ2v) is 9.46. The molecular weight excluding hydrogens is 406 g/mol. The van der Waals surface area contributed by atoms with Gasteiger partial charge in [0, 0.05) is 14.1 Å². The summed E-state index contributed by atoms with van der Waals surface area (Å²) >= 11 is 0. The number of nitrogens with zero attached hydrogens (tertiary/aromatic N) is 2. The van der Waals surface area contributed by atoms with E-state index in [0.29, 0.717) is 23.8 Å². The zero-order chi connectivity index (χ0) is 21.9. The van der Waals surface area contributed by atoms with E-state index in [2.05, 4.69) is 5.32 Å². The molecule has 0 fully saturated rings. The van der Waals surface area contributed by atoms with Crippen LogP contribution in [0, 0.1) is 13.8 Å². The predicted molar refractivity (Wildman–Crippen MR) is 115 cm³/mol. The van der Waals surface area contributed by atoms with Gasteiger partial charge in [-0.1, -0.05) is 24.3 Å². The molecule has 2 aromatic rings. The van der Waals surface area contributed by atoms with E-state index in [1.807, 2.05) is 44.2 Å². The maximum absolute atomic E-state index is 12.9. The van der Waals surface area contributed by atoms with E-state index in [1.165, 1.54) is 14.1 Å². The van der Waals surface area contributed by atoms with Gasteiger partial charge in [-0.25, -0.2) is 4.31 Å². The molecule has 0 spiro atoms. The molecule has 0 aliphatic carbocycles. The molecule has 0 saturated heterocycles. The van der Waals surface area contributed by atoms with Crippen LogP contribution in [0.5, 0.6) is 11.5 Å². The highest BCUT2D eigenvalue weighted by Gasteiger charge is 2.29. The highest BCUT2D eigenvalue weighted by atomic mass is 32.2. The molecule has 1 N–H and O–H groups in total. The Balaban J connectivity index is 1.70. The number of nitrogens with one attached hydrogen (secondary N) is 1. The molecule has 1 atom stereocenters. The average molecular weight is 434 g/mol. The summed E-state index contributed by atoms with van der Waals surface area (Å²) in [5.41, 5.74) is 2.14. The number of para-hydroxylation sites is 2. The minimum Gasteiger partial charge on any atom is -0.486 e. The van der Waals surface area contributed by atoms with Crippen LogP contribution in [-0.2, 0) is 15.0 Å². The maximum atomic E-state index is 12.9. The van der Waals surface area contributed by atoms with Crippen molar-refractivity contribution in [3.63, 3.8) is 0 Å². The van der Waals surface area contributed by atoms with Crippen molar-refractivity contribution in [3.8, 4) is 11.5 Å². The molecule has 0 aromatic heterocycles. The summed E-state index contributed by atoms with van der Waals surface area (Å²) in [4.78, 5) is 12.6. The van der Waals surface area contributed by atoms with Crippen LogP contribution in [0.25, 0.3) is 0 Å². The molecule has 30 heavy (non-hydrogen) atoms. The van der Waals surface area contributed by atoms with Gasteiger partial charge >= 0.3 is 10.2 Å². The minimum atomic E-state index is -3.86. The van der Waals surface area contributed by atoms with Crippen LogP contribution < -0.4 is 19.1 Å². The summed E-state index contributed by atoms with van der Waals surface area (Å²) in [7, 11) is -0.979. The van der Waals surface area contributed by atoms with E-state index >= 15 is 0 Å². The first-order chi connectivity index (χ1) is 14.2. The second-order valence-electron chi connectivity index (χ2n) is 7.39. The van der Waals surface area contributed by atoms with Crippen LogP contribution in [-0.4, -0.2) is 58.5 Å². The van der Waals surface area contributed by atoms with Crippen molar-refractivity contribution in [1.29, 1.82) is 0 Å². The van der Waals surface area contributed by atoms with Crippen molar-refractivity contribution >= 4 is 21.8 Å². The summed E-state index contributed by atoms with van der Waals surface area (Å²) in [6, 6.07) is 12.8. The molecule has 0 radical (unpaired) electrons. The third-order valence-corrected chi connectivity index (χ3v) is 6.56. The normalized spacial score (nSPS) is 15.7. The molecule has 1 aliphatic heterocycles. The van der Waals surface area contributed by atoms with Crippen molar-refractivity contribution < 1.29 is 22.7 Å². The fraction of sp³-hybridized carbons (Fsp3) is 0.381. The van der Waals surface area contributed by atoms with Crippen LogP contribution in [0.3, 0.4) is 0 Å². The number of amides is 1. The Hall–Kier alpha value is -2.78. The van der Waals surface area contributed by atoms with Crippen molar-refractivity contribution in [1.82, 2.24) is 9.62 Å². The van der Waals surface area contributed by atoms with Crippen molar-refractivity contribution in [2.24, 2.45) is 0 Å². The Morgan fingerprint density at radius 2 is 1.83 bits per heavy atom. The van der Waals surface area contributed by atoms with Crippen LogP contribution >= 0.6 is 0 Å². The van der Waals surface area contributed by atoms with Gasteiger partial charge < -0.3 is 14.8 Å². The summed E-state index contributed by atoms with van der Waals surface area (Å²) in [5, 5.41) is 2.76. The van der Waals surface area contributed by atoms with E-state index in [1.54, 1.807) is 12.1 Å². The van der Waals surface area contributed by atoms with Gasteiger partial charge in [0.25, 0.3) is 0 Å².